The number of nitrogens with zero attached hydrogens (tertiary/aromatic N) is 1. The first-order valence-corrected chi connectivity index (χ1v) is 9.64. The van der Waals surface area contributed by atoms with Gasteiger partial charge in [0.1, 0.15) is 5.75 Å². The SMILES string of the molecule is COc1ccc(CNC(=O)C[NH+]2CCN(c3ccc(C(C)=O)cc3)CC2)cc1. The van der Waals surface area contributed by atoms with E-state index in [4.69, 9.17) is 4.74 Å². The van der Waals surface area contributed by atoms with E-state index in [9.17, 15) is 9.59 Å². The average molecular weight is 382 g/mol. The van der Waals surface area contributed by atoms with Crippen molar-refractivity contribution in [3.05, 3.63) is 59.7 Å². The van der Waals surface area contributed by atoms with Gasteiger partial charge in [-0.15, -0.1) is 0 Å². The Balaban J connectivity index is 1.41. The van der Waals surface area contributed by atoms with E-state index in [1.54, 1.807) is 14.0 Å². The number of carbonyl (C=O) groups excluding carboxylic acids is 2. The lowest BCUT2D eigenvalue weighted by atomic mass is 10.1. The Morgan fingerprint density at radius 2 is 1.68 bits per heavy atom. The van der Waals surface area contributed by atoms with Gasteiger partial charge in [-0.2, -0.15) is 0 Å². The average Bonchev–Trinajstić information content (AvgIpc) is 2.73. The van der Waals surface area contributed by atoms with Gasteiger partial charge < -0.3 is 19.9 Å². The van der Waals surface area contributed by atoms with Gasteiger partial charge in [-0.05, 0) is 48.9 Å². The van der Waals surface area contributed by atoms with Crippen LogP contribution in [0, 0.1) is 0 Å². The highest BCUT2D eigenvalue weighted by Crippen LogP contribution is 2.15. The number of ether oxygens (including phenoxy) is 1. The molecule has 6 heteroatoms. The summed E-state index contributed by atoms with van der Waals surface area (Å²) in [6.07, 6.45) is 0. The fourth-order valence-corrected chi connectivity index (χ4v) is 3.40. The molecule has 0 aliphatic carbocycles. The number of nitrogens with one attached hydrogen (secondary N) is 2. The number of rotatable bonds is 7. The van der Waals surface area contributed by atoms with Crippen LogP contribution in [0.5, 0.6) is 5.75 Å². The van der Waals surface area contributed by atoms with Gasteiger partial charge in [0.05, 0.1) is 33.3 Å². The molecule has 1 aliphatic rings. The minimum Gasteiger partial charge on any atom is -0.497 e. The van der Waals surface area contributed by atoms with Crippen molar-refractivity contribution >= 4 is 17.4 Å². The highest BCUT2D eigenvalue weighted by molar-refractivity contribution is 5.94. The molecule has 1 amide bonds. The molecule has 0 radical (unpaired) electrons. The molecule has 0 spiro atoms. The monoisotopic (exact) mass is 382 g/mol. The van der Waals surface area contributed by atoms with E-state index in [1.165, 1.54) is 4.90 Å². The molecule has 2 aromatic rings. The van der Waals surface area contributed by atoms with Gasteiger partial charge in [-0.3, -0.25) is 9.59 Å². The van der Waals surface area contributed by atoms with E-state index in [0.29, 0.717) is 13.1 Å². The zero-order valence-corrected chi connectivity index (χ0v) is 16.5. The van der Waals surface area contributed by atoms with E-state index in [1.807, 2.05) is 48.5 Å². The predicted molar refractivity (Wildman–Crippen MR) is 109 cm³/mol. The van der Waals surface area contributed by atoms with E-state index < -0.39 is 0 Å². The maximum Gasteiger partial charge on any atom is 0.275 e. The predicted octanol–water partition coefficient (Wildman–Crippen LogP) is 0.919. The summed E-state index contributed by atoms with van der Waals surface area (Å²) in [7, 11) is 1.64. The van der Waals surface area contributed by atoms with Crippen molar-refractivity contribution in [3.8, 4) is 5.75 Å². The molecule has 0 atom stereocenters. The summed E-state index contributed by atoms with van der Waals surface area (Å²) in [6, 6.07) is 15.5. The molecular formula is C22H28N3O3+. The summed E-state index contributed by atoms with van der Waals surface area (Å²) in [6.45, 7) is 6.25. The Hall–Kier alpha value is -2.86. The van der Waals surface area contributed by atoms with Crippen molar-refractivity contribution in [3.63, 3.8) is 0 Å². The summed E-state index contributed by atoms with van der Waals surface area (Å²) in [4.78, 5) is 27.3. The Morgan fingerprint density at radius 1 is 1.04 bits per heavy atom. The quantitative estimate of drug-likeness (QED) is 0.699. The number of benzene rings is 2. The number of methoxy groups -OCH3 is 1. The normalized spacial score (nSPS) is 14.6. The zero-order chi connectivity index (χ0) is 19.9. The molecule has 6 nitrogen and oxygen atoms in total. The molecule has 2 N–H and O–H groups in total. The Bertz CT molecular complexity index is 795. The molecule has 0 bridgehead atoms. The standard InChI is InChI=1S/C22H27N3O3/c1-17(26)19-5-7-20(8-6-19)25-13-11-24(12-14-25)16-22(27)23-15-18-3-9-21(28-2)10-4-18/h3-10H,11-16H2,1-2H3,(H,23,27)/p+1. The number of amides is 1. The molecular weight excluding hydrogens is 354 g/mol. The number of anilines is 1. The van der Waals surface area contributed by atoms with Crippen LogP contribution in [0.1, 0.15) is 22.8 Å². The van der Waals surface area contributed by atoms with Gasteiger partial charge in [0.2, 0.25) is 0 Å². The number of hydrogen-bond acceptors (Lipinski definition) is 4. The largest absolute Gasteiger partial charge is 0.497 e. The minimum atomic E-state index is 0.0741. The molecule has 1 fully saturated rings. The summed E-state index contributed by atoms with van der Waals surface area (Å²) < 4.78 is 5.14. The van der Waals surface area contributed by atoms with Crippen LogP contribution in [-0.4, -0.2) is 51.5 Å². The van der Waals surface area contributed by atoms with E-state index in [-0.39, 0.29) is 11.7 Å². The Kier molecular flexibility index (Phi) is 6.66. The maximum absolute atomic E-state index is 12.3. The number of Topliss-reactive ketones (excluding diaryl/α,β-unsaturated/α-hetero) is 1. The van der Waals surface area contributed by atoms with Crippen LogP contribution < -0.4 is 19.9 Å². The highest BCUT2D eigenvalue weighted by atomic mass is 16.5. The molecule has 1 heterocycles. The second-order valence-electron chi connectivity index (χ2n) is 7.14. The van der Waals surface area contributed by atoms with Gasteiger partial charge in [0, 0.05) is 17.8 Å². The van der Waals surface area contributed by atoms with Crippen molar-refractivity contribution in [2.75, 3.05) is 44.7 Å². The molecule has 3 rings (SSSR count). The van der Waals surface area contributed by atoms with E-state index in [2.05, 4.69) is 10.2 Å². The van der Waals surface area contributed by atoms with Gasteiger partial charge in [0.15, 0.2) is 12.3 Å². The first kappa shape index (κ1) is 19.9. The second kappa shape index (κ2) is 9.37. The van der Waals surface area contributed by atoms with Crippen molar-refractivity contribution in [2.45, 2.75) is 13.5 Å². The smallest absolute Gasteiger partial charge is 0.275 e. The fraction of sp³-hybridized carbons (Fsp3) is 0.364. The molecule has 0 saturated carbocycles. The van der Waals surface area contributed by atoms with Crippen molar-refractivity contribution in [1.82, 2.24) is 5.32 Å². The highest BCUT2D eigenvalue weighted by Gasteiger charge is 2.22. The first-order chi connectivity index (χ1) is 13.5. The molecule has 0 aromatic heterocycles. The number of ketones is 1. The lowest BCUT2D eigenvalue weighted by molar-refractivity contribution is -0.892. The van der Waals surface area contributed by atoms with Crippen LogP contribution in [0.15, 0.2) is 48.5 Å². The summed E-state index contributed by atoms with van der Waals surface area (Å²) in [5, 5.41) is 3.00. The van der Waals surface area contributed by atoms with Gasteiger partial charge in [0.25, 0.3) is 5.91 Å². The number of hydrogen-bond donors (Lipinski definition) is 2. The van der Waals surface area contributed by atoms with Gasteiger partial charge in [-0.1, -0.05) is 12.1 Å². The molecule has 28 heavy (non-hydrogen) atoms. The zero-order valence-electron chi connectivity index (χ0n) is 16.5. The van der Waals surface area contributed by atoms with Crippen molar-refractivity contribution in [2.24, 2.45) is 0 Å². The van der Waals surface area contributed by atoms with Crippen LogP contribution in [0.3, 0.4) is 0 Å². The number of quaternary nitrogens is 1. The molecule has 148 valence electrons. The second-order valence-corrected chi connectivity index (χ2v) is 7.14. The lowest BCUT2D eigenvalue weighted by Gasteiger charge is -2.33. The van der Waals surface area contributed by atoms with E-state index in [0.717, 1.165) is 48.7 Å². The molecule has 2 aromatic carbocycles. The van der Waals surface area contributed by atoms with Crippen LogP contribution in [0.2, 0.25) is 0 Å². The summed E-state index contributed by atoms with van der Waals surface area (Å²) in [5.74, 6) is 0.972. The molecule has 1 aliphatic heterocycles. The first-order valence-electron chi connectivity index (χ1n) is 9.64. The summed E-state index contributed by atoms with van der Waals surface area (Å²) >= 11 is 0. The lowest BCUT2D eigenvalue weighted by Crippen LogP contribution is -3.15. The van der Waals surface area contributed by atoms with Crippen LogP contribution >= 0.6 is 0 Å². The number of carbonyl (C=O) groups is 2. The Morgan fingerprint density at radius 3 is 2.25 bits per heavy atom. The molecule has 1 saturated heterocycles. The van der Waals surface area contributed by atoms with Crippen LogP contribution in [-0.2, 0) is 11.3 Å². The molecule has 0 unspecified atom stereocenters. The van der Waals surface area contributed by atoms with E-state index >= 15 is 0 Å². The third kappa shape index (κ3) is 5.33. The van der Waals surface area contributed by atoms with Gasteiger partial charge >= 0.3 is 0 Å². The fourth-order valence-electron chi connectivity index (χ4n) is 3.40. The Labute approximate surface area is 166 Å². The van der Waals surface area contributed by atoms with Gasteiger partial charge in [-0.25, -0.2) is 0 Å². The summed E-state index contributed by atoms with van der Waals surface area (Å²) in [5.41, 5.74) is 2.93. The topological polar surface area (TPSA) is 63.1 Å². The maximum atomic E-state index is 12.3. The van der Waals surface area contributed by atoms with Crippen LogP contribution in [0.25, 0.3) is 0 Å². The number of piperazine rings is 1. The van der Waals surface area contributed by atoms with Crippen LogP contribution in [0.4, 0.5) is 5.69 Å². The third-order valence-electron chi connectivity index (χ3n) is 5.17. The van der Waals surface area contributed by atoms with Crippen molar-refractivity contribution < 1.29 is 19.2 Å². The van der Waals surface area contributed by atoms with Crippen molar-refractivity contribution in [1.29, 1.82) is 0 Å². The third-order valence-corrected chi connectivity index (χ3v) is 5.17. The minimum absolute atomic E-state index is 0.0741.